The number of carbonyl (C=O) groups is 2. The molecule has 1 heterocycles. The van der Waals surface area contributed by atoms with Crippen LogP contribution in [0, 0.1) is 0 Å². The van der Waals surface area contributed by atoms with E-state index < -0.39 is 5.60 Å². The molecule has 1 atom stereocenters. The normalized spacial score (nSPS) is 19.0. The van der Waals surface area contributed by atoms with Crippen LogP contribution in [0.1, 0.15) is 22.3 Å². The van der Waals surface area contributed by atoms with Gasteiger partial charge in [0.2, 0.25) is 0 Å². The third-order valence-corrected chi connectivity index (χ3v) is 4.88. The van der Waals surface area contributed by atoms with E-state index in [4.69, 9.17) is 11.6 Å². The molecule has 0 aromatic heterocycles. The molecule has 0 spiro atoms. The van der Waals surface area contributed by atoms with E-state index in [0.717, 1.165) is 5.56 Å². The summed E-state index contributed by atoms with van der Waals surface area (Å²) in [5, 5.41) is 16.8. The summed E-state index contributed by atoms with van der Waals surface area (Å²) < 4.78 is 0. The van der Waals surface area contributed by atoms with Crippen LogP contribution in [0.2, 0.25) is 5.02 Å². The fourth-order valence-corrected chi connectivity index (χ4v) is 3.50. The quantitative estimate of drug-likeness (QED) is 0.754. The number of β-amino-alcohol motifs (C(OH)–C–C–N with tert-alkyl or cyclic N) is 1. The number of hydrogen-bond donors (Lipinski definition) is 3. The second-order valence-electron chi connectivity index (χ2n) is 6.79. The highest BCUT2D eigenvalue weighted by Crippen LogP contribution is 2.27. The Bertz CT molecular complexity index is 858. The number of likely N-dealkylation sites (tertiary alicyclic amines) is 1. The third-order valence-electron chi connectivity index (χ3n) is 4.64. The maximum atomic E-state index is 12.5. The average Bonchev–Trinajstić information content (AvgIpc) is 3.03. The van der Waals surface area contributed by atoms with E-state index in [1.807, 2.05) is 18.2 Å². The number of halogens is 1. The molecule has 0 aliphatic carbocycles. The Morgan fingerprint density at radius 3 is 2.74 bits per heavy atom. The predicted octanol–water partition coefficient (Wildman–Crippen LogP) is 2.91. The van der Waals surface area contributed by atoms with Gasteiger partial charge in [-0.05, 0) is 42.3 Å². The number of hydrogen-bond acceptors (Lipinski definition) is 3. The lowest BCUT2D eigenvalue weighted by atomic mass is 9.94. The Morgan fingerprint density at radius 1 is 1.22 bits per heavy atom. The fraction of sp³-hybridized carbons (Fsp3) is 0.300. The molecule has 3 amide bonds. The largest absolute Gasteiger partial charge is 0.388 e. The SMILES string of the molecule is CNC(=O)c1cccc(NC(=O)N2CCC(O)(Cc3cccc(Cl)c3)C2)c1. The number of amides is 3. The van der Waals surface area contributed by atoms with Gasteiger partial charge in [-0.3, -0.25) is 4.79 Å². The van der Waals surface area contributed by atoms with Gasteiger partial charge in [0.15, 0.2) is 0 Å². The molecule has 1 saturated heterocycles. The molecule has 3 N–H and O–H groups in total. The van der Waals surface area contributed by atoms with Crippen LogP contribution < -0.4 is 10.6 Å². The summed E-state index contributed by atoms with van der Waals surface area (Å²) in [6.07, 6.45) is 0.925. The maximum Gasteiger partial charge on any atom is 0.321 e. The predicted molar refractivity (Wildman–Crippen MR) is 105 cm³/mol. The summed E-state index contributed by atoms with van der Waals surface area (Å²) in [5.74, 6) is -0.219. The second kappa shape index (κ2) is 7.98. The minimum Gasteiger partial charge on any atom is -0.388 e. The number of nitrogens with zero attached hydrogens (tertiary/aromatic N) is 1. The zero-order valence-corrected chi connectivity index (χ0v) is 15.8. The molecular weight excluding hydrogens is 366 g/mol. The summed E-state index contributed by atoms with van der Waals surface area (Å²) in [6.45, 7) is 0.693. The Hall–Kier alpha value is -2.57. The maximum absolute atomic E-state index is 12.5. The van der Waals surface area contributed by atoms with Crippen LogP contribution in [0.15, 0.2) is 48.5 Å². The van der Waals surface area contributed by atoms with E-state index in [0.29, 0.717) is 35.7 Å². The van der Waals surface area contributed by atoms with Crippen LogP contribution in [0.4, 0.5) is 10.5 Å². The van der Waals surface area contributed by atoms with E-state index in [2.05, 4.69) is 10.6 Å². The van der Waals surface area contributed by atoms with Crippen LogP contribution >= 0.6 is 11.6 Å². The Morgan fingerprint density at radius 2 is 2.00 bits per heavy atom. The lowest BCUT2D eigenvalue weighted by Gasteiger charge is -2.24. The molecule has 2 aromatic carbocycles. The van der Waals surface area contributed by atoms with Gasteiger partial charge in [0.05, 0.1) is 12.1 Å². The van der Waals surface area contributed by atoms with Crippen molar-refractivity contribution in [1.29, 1.82) is 0 Å². The van der Waals surface area contributed by atoms with Gasteiger partial charge in [0, 0.05) is 36.3 Å². The molecule has 1 unspecified atom stereocenters. The minimum atomic E-state index is -0.980. The molecule has 1 aliphatic heterocycles. The Balaban J connectivity index is 1.63. The first-order valence-electron chi connectivity index (χ1n) is 8.73. The molecule has 3 rings (SSSR count). The van der Waals surface area contributed by atoms with Crippen molar-refractivity contribution in [3.63, 3.8) is 0 Å². The van der Waals surface area contributed by atoms with Crippen LogP contribution in [0.5, 0.6) is 0 Å². The molecule has 7 heteroatoms. The van der Waals surface area contributed by atoms with Gasteiger partial charge in [0.25, 0.3) is 5.91 Å². The number of carbonyl (C=O) groups excluding carboxylic acids is 2. The number of urea groups is 1. The molecule has 0 saturated carbocycles. The first-order chi connectivity index (χ1) is 12.9. The first kappa shape index (κ1) is 19.2. The van der Waals surface area contributed by atoms with Crippen molar-refractivity contribution in [2.45, 2.75) is 18.4 Å². The molecule has 1 aliphatic rings. The van der Waals surface area contributed by atoms with Crippen LogP contribution in [-0.2, 0) is 6.42 Å². The molecule has 0 radical (unpaired) electrons. The highest BCUT2D eigenvalue weighted by Gasteiger charge is 2.38. The smallest absolute Gasteiger partial charge is 0.321 e. The van der Waals surface area contributed by atoms with Crippen molar-refractivity contribution in [3.8, 4) is 0 Å². The standard InChI is InChI=1S/C20H22ClN3O3/c1-22-18(25)15-5-3-7-17(11-15)23-19(26)24-9-8-20(27,13-24)12-14-4-2-6-16(21)10-14/h2-7,10-11,27H,8-9,12-13H2,1H3,(H,22,25)(H,23,26). The zero-order chi connectivity index (χ0) is 19.4. The third kappa shape index (κ3) is 4.78. The zero-order valence-electron chi connectivity index (χ0n) is 15.0. The van der Waals surface area contributed by atoms with Gasteiger partial charge in [0.1, 0.15) is 0 Å². The highest BCUT2D eigenvalue weighted by atomic mass is 35.5. The van der Waals surface area contributed by atoms with Crippen molar-refractivity contribution in [2.24, 2.45) is 0 Å². The summed E-state index contributed by atoms with van der Waals surface area (Å²) in [6, 6.07) is 13.8. The highest BCUT2D eigenvalue weighted by molar-refractivity contribution is 6.30. The van der Waals surface area contributed by atoms with E-state index >= 15 is 0 Å². The Labute approximate surface area is 163 Å². The van der Waals surface area contributed by atoms with Crippen molar-refractivity contribution in [3.05, 3.63) is 64.7 Å². The minimum absolute atomic E-state index is 0.219. The summed E-state index contributed by atoms with van der Waals surface area (Å²) >= 11 is 6.01. The lowest BCUT2D eigenvalue weighted by Crippen LogP contribution is -2.39. The van der Waals surface area contributed by atoms with Gasteiger partial charge >= 0.3 is 6.03 Å². The molecule has 6 nitrogen and oxygen atoms in total. The van der Waals surface area contributed by atoms with E-state index in [1.165, 1.54) is 0 Å². The number of anilines is 1. The number of benzene rings is 2. The first-order valence-corrected chi connectivity index (χ1v) is 9.11. The molecule has 1 fully saturated rings. The number of rotatable bonds is 4. The number of nitrogens with one attached hydrogen (secondary N) is 2. The van der Waals surface area contributed by atoms with Crippen LogP contribution in [0.25, 0.3) is 0 Å². The van der Waals surface area contributed by atoms with Crippen molar-refractivity contribution in [2.75, 3.05) is 25.5 Å². The van der Waals surface area contributed by atoms with E-state index in [-0.39, 0.29) is 18.5 Å². The van der Waals surface area contributed by atoms with Gasteiger partial charge in [-0.1, -0.05) is 29.8 Å². The van der Waals surface area contributed by atoms with Gasteiger partial charge in [-0.15, -0.1) is 0 Å². The fourth-order valence-electron chi connectivity index (χ4n) is 3.29. The summed E-state index contributed by atoms with van der Waals surface area (Å²) in [7, 11) is 1.55. The van der Waals surface area contributed by atoms with Crippen molar-refractivity contribution in [1.82, 2.24) is 10.2 Å². The monoisotopic (exact) mass is 387 g/mol. The molecule has 142 valence electrons. The van der Waals surface area contributed by atoms with Crippen molar-refractivity contribution >= 4 is 29.2 Å². The lowest BCUT2D eigenvalue weighted by molar-refractivity contribution is 0.0534. The van der Waals surface area contributed by atoms with E-state index in [9.17, 15) is 14.7 Å². The molecule has 2 aromatic rings. The number of aliphatic hydroxyl groups is 1. The van der Waals surface area contributed by atoms with Crippen LogP contribution in [-0.4, -0.2) is 47.7 Å². The van der Waals surface area contributed by atoms with Gasteiger partial charge in [-0.2, -0.15) is 0 Å². The molecule has 0 bridgehead atoms. The van der Waals surface area contributed by atoms with E-state index in [1.54, 1.807) is 42.3 Å². The molecular formula is C20H22ClN3O3. The topological polar surface area (TPSA) is 81.7 Å². The van der Waals surface area contributed by atoms with Gasteiger partial charge in [-0.25, -0.2) is 4.79 Å². The van der Waals surface area contributed by atoms with Gasteiger partial charge < -0.3 is 20.6 Å². The summed E-state index contributed by atoms with van der Waals surface area (Å²) in [4.78, 5) is 25.8. The van der Waals surface area contributed by atoms with Crippen LogP contribution in [0.3, 0.4) is 0 Å². The second-order valence-corrected chi connectivity index (χ2v) is 7.23. The van der Waals surface area contributed by atoms with Crippen molar-refractivity contribution < 1.29 is 14.7 Å². The Kier molecular flexibility index (Phi) is 5.68. The average molecular weight is 388 g/mol. The summed E-state index contributed by atoms with van der Waals surface area (Å²) in [5.41, 5.74) is 0.956. The molecule has 27 heavy (non-hydrogen) atoms.